The summed E-state index contributed by atoms with van der Waals surface area (Å²) in [6.45, 7) is 5.71. The molecule has 0 aliphatic heterocycles. The third-order valence-electron chi connectivity index (χ3n) is 3.61. The summed E-state index contributed by atoms with van der Waals surface area (Å²) < 4.78 is 15.5. The SMILES string of the molecule is CCC[C@@](C)(OC)C(=O)Nc1ccc(OC)c(C(=O)OCC)c1. The van der Waals surface area contributed by atoms with Crippen molar-refractivity contribution in [2.45, 2.75) is 39.2 Å². The highest BCUT2D eigenvalue weighted by atomic mass is 16.5. The molecule has 1 amide bonds. The molecule has 0 heterocycles. The predicted molar refractivity (Wildman–Crippen MR) is 87.9 cm³/mol. The molecule has 1 N–H and O–H groups in total. The highest BCUT2D eigenvalue weighted by Crippen LogP contribution is 2.25. The van der Waals surface area contributed by atoms with Crippen LogP contribution in [0.1, 0.15) is 44.0 Å². The van der Waals surface area contributed by atoms with Gasteiger partial charge in [0.2, 0.25) is 0 Å². The van der Waals surface area contributed by atoms with Gasteiger partial charge in [-0.2, -0.15) is 0 Å². The van der Waals surface area contributed by atoms with Gasteiger partial charge in [0.1, 0.15) is 16.9 Å². The molecule has 0 aliphatic rings. The largest absolute Gasteiger partial charge is 0.496 e. The summed E-state index contributed by atoms with van der Waals surface area (Å²) in [5, 5.41) is 2.78. The molecule has 1 atom stereocenters. The standard InChI is InChI=1S/C17H25NO5/c1-6-10-17(3,22-5)16(20)18-12-8-9-14(21-4)13(11-12)15(19)23-7-2/h8-9,11H,6-7,10H2,1-5H3,(H,18,20)/t17-/m1/s1. The van der Waals surface area contributed by atoms with Gasteiger partial charge in [-0.25, -0.2) is 4.79 Å². The van der Waals surface area contributed by atoms with Gasteiger partial charge in [-0.3, -0.25) is 4.79 Å². The number of hydrogen-bond donors (Lipinski definition) is 1. The van der Waals surface area contributed by atoms with Crippen molar-refractivity contribution in [3.8, 4) is 5.75 Å². The van der Waals surface area contributed by atoms with Crippen LogP contribution in [0.3, 0.4) is 0 Å². The second-order valence-electron chi connectivity index (χ2n) is 5.27. The van der Waals surface area contributed by atoms with Crippen LogP contribution in [0.25, 0.3) is 0 Å². The first kappa shape index (κ1) is 19.0. The van der Waals surface area contributed by atoms with Crippen LogP contribution in [0.15, 0.2) is 18.2 Å². The first-order chi connectivity index (χ1) is 10.9. The van der Waals surface area contributed by atoms with Crippen molar-refractivity contribution in [3.05, 3.63) is 23.8 Å². The van der Waals surface area contributed by atoms with E-state index in [2.05, 4.69) is 5.32 Å². The third-order valence-corrected chi connectivity index (χ3v) is 3.61. The number of methoxy groups -OCH3 is 2. The average Bonchev–Trinajstić information content (AvgIpc) is 2.55. The van der Waals surface area contributed by atoms with E-state index >= 15 is 0 Å². The highest BCUT2D eigenvalue weighted by molar-refractivity contribution is 5.99. The van der Waals surface area contributed by atoms with Crippen molar-refractivity contribution in [1.82, 2.24) is 0 Å². The Morgan fingerprint density at radius 2 is 1.91 bits per heavy atom. The maximum Gasteiger partial charge on any atom is 0.341 e. The Balaban J connectivity index is 3.03. The zero-order valence-corrected chi connectivity index (χ0v) is 14.4. The Kier molecular flexibility index (Phi) is 7.03. The molecule has 0 bridgehead atoms. The van der Waals surface area contributed by atoms with E-state index in [1.165, 1.54) is 20.3 Å². The van der Waals surface area contributed by atoms with Crippen molar-refractivity contribution in [3.63, 3.8) is 0 Å². The summed E-state index contributed by atoms with van der Waals surface area (Å²) in [4.78, 5) is 24.4. The molecule has 0 aliphatic carbocycles. The Hall–Kier alpha value is -2.08. The van der Waals surface area contributed by atoms with Crippen LogP contribution in [0.5, 0.6) is 5.75 Å². The van der Waals surface area contributed by atoms with E-state index in [-0.39, 0.29) is 18.1 Å². The number of hydrogen-bond acceptors (Lipinski definition) is 5. The molecular weight excluding hydrogens is 298 g/mol. The first-order valence-electron chi connectivity index (χ1n) is 7.63. The summed E-state index contributed by atoms with van der Waals surface area (Å²) in [6, 6.07) is 4.82. The van der Waals surface area contributed by atoms with Crippen molar-refractivity contribution in [2.75, 3.05) is 26.1 Å². The number of esters is 1. The minimum absolute atomic E-state index is 0.261. The zero-order chi connectivity index (χ0) is 17.5. The fourth-order valence-corrected chi connectivity index (χ4v) is 2.20. The Bertz CT molecular complexity index is 558. The van der Waals surface area contributed by atoms with Crippen LogP contribution in [-0.2, 0) is 14.3 Å². The minimum Gasteiger partial charge on any atom is -0.496 e. The van der Waals surface area contributed by atoms with Gasteiger partial charge in [0.05, 0.1) is 13.7 Å². The molecule has 0 saturated carbocycles. The van der Waals surface area contributed by atoms with Crippen LogP contribution in [0.4, 0.5) is 5.69 Å². The maximum atomic E-state index is 12.4. The average molecular weight is 323 g/mol. The Labute approximate surface area is 137 Å². The lowest BCUT2D eigenvalue weighted by Crippen LogP contribution is -2.41. The molecule has 6 nitrogen and oxygen atoms in total. The fraction of sp³-hybridized carbons (Fsp3) is 0.529. The second-order valence-corrected chi connectivity index (χ2v) is 5.27. The highest BCUT2D eigenvalue weighted by Gasteiger charge is 2.32. The molecule has 0 spiro atoms. The van der Waals surface area contributed by atoms with Crippen LogP contribution in [0.2, 0.25) is 0 Å². The van der Waals surface area contributed by atoms with Crippen molar-refractivity contribution in [1.29, 1.82) is 0 Å². The summed E-state index contributed by atoms with van der Waals surface area (Å²) in [5.74, 6) is -0.366. The van der Waals surface area contributed by atoms with E-state index in [0.717, 1.165) is 6.42 Å². The number of carbonyl (C=O) groups excluding carboxylic acids is 2. The Morgan fingerprint density at radius 3 is 2.43 bits per heavy atom. The lowest BCUT2D eigenvalue weighted by molar-refractivity contribution is -0.136. The molecule has 6 heteroatoms. The molecule has 128 valence electrons. The van der Waals surface area contributed by atoms with Crippen molar-refractivity contribution >= 4 is 17.6 Å². The number of ether oxygens (including phenoxy) is 3. The smallest absolute Gasteiger partial charge is 0.341 e. The third kappa shape index (κ3) is 4.69. The van der Waals surface area contributed by atoms with Crippen molar-refractivity contribution in [2.24, 2.45) is 0 Å². The van der Waals surface area contributed by atoms with E-state index in [0.29, 0.717) is 17.9 Å². The monoisotopic (exact) mass is 323 g/mol. The van der Waals surface area contributed by atoms with Gasteiger partial charge >= 0.3 is 5.97 Å². The molecule has 0 radical (unpaired) electrons. The van der Waals surface area contributed by atoms with Gasteiger partial charge in [0.25, 0.3) is 5.91 Å². The molecule has 1 aromatic rings. The summed E-state index contributed by atoms with van der Waals surface area (Å²) in [5.41, 5.74) is -0.168. The number of amides is 1. The maximum absolute atomic E-state index is 12.4. The van der Waals surface area contributed by atoms with Crippen LogP contribution in [-0.4, -0.2) is 38.3 Å². The summed E-state index contributed by atoms with van der Waals surface area (Å²) >= 11 is 0. The van der Waals surface area contributed by atoms with Gasteiger partial charge < -0.3 is 19.5 Å². The predicted octanol–water partition coefficient (Wildman–Crippen LogP) is 3.02. The van der Waals surface area contributed by atoms with E-state index in [1.807, 2.05) is 6.92 Å². The second kappa shape index (κ2) is 8.53. The quantitative estimate of drug-likeness (QED) is 0.744. The Morgan fingerprint density at radius 1 is 1.22 bits per heavy atom. The lowest BCUT2D eigenvalue weighted by atomic mass is 9.99. The number of nitrogens with one attached hydrogen (secondary N) is 1. The van der Waals surface area contributed by atoms with Crippen LogP contribution < -0.4 is 10.1 Å². The minimum atomic E-state index is -0.918. The van der Waals surface area contributed by atoms with Gasteiger partial charge in [-0.05, 0) is 38.5 Å². The van der Waals surface area contributed by atoms with Gasteiger partial charge in [0, 0.05) is 12.8 Å². The number of carbonyl (C=O) groups is 2. The van der Waals surface area contributed by atoms with Crippen molar-refractivity contribution < 1.29 is 23.8 Å². The van der Waals surface area contributed by atoms with E-state index in [4.69, 9.17) is 14.2 Å². The zero-order valence-electron chi connectivity index (χ0n) is 14.4. The molecular formula is C17H25NO5. The lowest BCUT2D eigenvalue weighted by Gasteiger charge is -2.26. The normalized spacial score (nSPS) is 13.1. The van der Waals surface area contributed by atoms with E-state index < -0.39 is 11.6 Å². The van der Waals surface area contributed by atoms with E-state index in [1.54, 1.807) is 26.0 Å². The molecule has 0 fully saturated rings. The van der Waals surface area contributed by atoms with Gasteiger partial charge in [-0.15, -0.1) is 0 Å². The topological polar surface area (TPSA) is 73.9 Å². The molecule has 1 rings (SSSR count). The van der Waals surface area contributed by atoms with Gasteiger partial charge in [0.15, 0.2) is 0 Å². The molecule has 0 unspecified atom stereocenters. The van der Waals surface area contributed by atoms with Crippen LogP contribution in [0, 0.1) is 0 Å². The van der Waals surface area contributed by atoms with Gasteiger partial charge in [-0.1, -0.05) is 13.3 Å². The van der Waals surface area contributed by atoms with E-state index in [9.17, 15) is 9.59 Å². The molecule has 1 aromatic carbocycles. The first-order valence-corrected chi connectivity index (χ1v) is 7.63. The molecule has 23 heavy (non-hydrogen) atoms. The number of benzene rings is 1. The molecule has 0 aromatic heterocycles. The van der Waals surface area contributed by atoms with Crippen LogP contribution >= 0.6 is 0 Å². The summed E-state index contributed by atoms with van der Waals surface area (Å²) in [6.07, 6.45) is 1.41. The molecule has 0 saturated heterocycles. The number of anilines is 1. The summed E-state index contributed by atoms with van der Waals surface area (Å²) in [7, 11) is 2.98. The number of rotatable bonds is 8. The fourth-order valence-electron chi connectivity index (χ4n) is 2.20.